The van der Waals surface area contributed by atoms with Gasteiger partial charge in [0.25, 0.3) is 0 Å². The van der Waals surface area contributed by atoms with Crippen LogP contribution in [0.5, 0.6) is 5.75 Å². The Balaban J connectivity index is 1.55. The maximum atomic E-state index is 12.7. The Hall–Kier alpha value is -3.71. The zero-order chi connectivity index (χ0) is 29.6. The first-order valence-corrected chi connectivity index (χ1v) is 14.7. The zero-order valence-corrected chi connectivity index (χ0v) is 23.5. The van der Waals surface area contributed by atoms with E-state index in [0.29, 0.717) is 35.0 Å². The quantitative estimate of drug-likeness (QED) is 0.279. The lowest BCUT2D eigenvalue weighted by Crippen LogP contribution is -2.19. The van der Waals surface area contributed by atoms with Crippen molar-refractivity contribution in [1.82, 2.24) is 14.7 Å². The van der Waals surface area contributed by atoms with Crippen LogP contribution >= 0.6 is 0 Å². The van der Waals surface area contributed by atoms with Crippen LogP contribution in [0.2, 0.25) is 0 Å². The number of halogens is 3. The molecular formula is C28H32F3N5O4S. The average Bonchev–Trinajstić information content (AvgIpc) is 2.91. The van der Waals surface area contributed by atoms with E-state index in [-0.39, 0.29) is 17.3 Å². The average molecular weight is 592 g/mol. The number of hydrogen-bond acceptors (Lipinski definition) is 7. The normalized spacial score (nSPS) is 14.5. The van der Waals surface area contributed by atoms with Crippen molar-refractivity contribution in [2.75, 3.05) is 17.7 Å². The van der Waals surface area contributed by atoms with Gasteiger partial charge >= 0.3 is 6.36 Å². The maximum Gasteiger partial charge on any atom is 0.573 e. The van der Waals surface area contributed by atoms with E-state index < -0.39 is 28.0 Å². The molecular weight excluding hydrogens is 559 g/mol. The van der Waals surface area contributed by atoms with Crippen LogP contribution in [0.15, 0.2) is 53.6 Å². The van der Waals surface area contributed by atoms with Crippen LogP contribution in [-0.4, -0.2) is 37.7 Å². The molecule has 1 aliphatic rings. The van der Waals surface area contributed by atoms with E-state index in [0.717, 1.165) is 43.4 Å². The van der Waals surface area contributed by atoms with Gasteiger partial charge in [-0.15, -0.1) is 13.2 Å². The molecule has 1 amide bonds. The molecule has 220 valence electrons. The second-order valence-corrected chi connectivity index (χ2v) is 11.9. The molecule has 3 N–H and O–H groups in total. The zero-order valence-electron chi connectivity index (χ0n) is 22.7. The molecule has 1 saturated carbocycles. The van der Waals surface area contributed by atoms with Crippen molar-refractivity contribution in [1.29, 1.82) is 0 Å². The number of hydrogen-bond donors (Lipinski definition) is 3. The first-order chi connectivity index (χ1) is 19.4. The van der Waals surface area contributed by atoms with E-state index in [1.54, 1.807) is 6.07 Å². The Morgan fingerprint density at radius 1 is 1.07 bits per heavy atom. The third-order valence-electron chi connectivity index (χ3n) is 6.88. The highest BCUT2D eigenvalue weighted by molar-refractivity contribution is 7.89. The molecule has 1 fully saturated rings. The number of nitrogens with zero attached hydrogens (tertiary/aromatic N) is 2. The number of aryl methyl sites for hydroxylation is 1. The Bertz CT molecular complexity index is 1490. The van der Waals surface area contributed by atoms with Gasteiger partial charge in [0.2, 0.25) is 21.9 Å². The van der Waals surface area contributed by atoms with Gasteiger partial charge in [0.05, 0.1) is 28.9 Å². The van der Waals surface area contributed by atoms with Crippen molar-refractivity contribution in [2.45, 2.75) is 63.1 Å². The van der Waals surface area contributed by atoms with Gasteiger partial charge in [-0.3, -0.25) is 10.1 Å². The molecule has 3 aromatic rings. The highest BCUT2D eigenvalue weighted by Gasteiger charge is 2.31. The van der Waals surface area contributed by atoms with Crippen LogP contribution in [-0.2, 0) is 27.7 Å². The van der Waals surface area contributed by atoms with Crippen molar-refractivity contribution in [2.24, 2.45) is 5.92 Å². The number of nitrogens with one attached hydrogen (secondary N) is 3. The number of sulfonamides is 1. The summed E-state index contributed by atoms with van der Waals surface area (Å²) >= 11 is 0. The molecule has 0 spiro atoms. The van der Waals surface area contributed by atoms with Gasteiger partial charge in [0.1, 0.15) is 5.75 Å². The second kappa shape index (κ2) is 12.9. The number of amides is 1. The van der Waals surface area contributed by atoms with Gasteiger partial charge in [-0.25, -0.2) is 23.1 Å². The third kappa shape index (κ3) is 8.64. The molecule has 0 radical (unpaired) electrons. The van der Waals surface area contributed by atoms with E-state index in [2.05, 4.69) is 30.1 Å². The van der Waals surface area contributed by atoms with Crippen LogP contribution in [0.3, 0.4) is 0 Å². The van der Waals surface area contributed by atoms with Crippen LogP contribution < -0.4 is 20.1 Å². The number of rotatable bonds is 10. The van der Waals surface area contributed by atoms with Crippen LogP contribution in [0, 0.1) is 12.8 Å². The SMILES string of the molecule is CNS(=O)(=O)c1ccc(C)c(Nc2cnc(NC(=O)Cc3cccc(OC(F)(F)F)c3)nc2CC2CCCCC2)c1. The van der Waals surface area contributed by atoms with Crippen LogP contribution in [0.1, 0.15) is 48.9 Å². The molecule has 0 bridgehead atoms. The van der Waals surface area contributed by atoms with Crippen molar-refractivity contribution in [3.63, 3.8) is 0 Å². The number of alkyl halides is 3. The van der Waals surface area contributed by atoms with Crippen LogP contribution in [0.25, 0.3) is 0 Å². The van der Waals surface area contributed by atoms with Gasteiger partial charge in [-0.1, -0.05) is 50.3 Å². The molecule has 1 aliphatic carbocycles. The van der Waals surface area contributed by atoms with Crippen molar-refractivity contribution in [3.05, 3.63) is 65.5 Å². The van der Waals surface area contributed by atoms with Gasteiger partial charge < -0.3 is 10.1 Å². The van der Waals surface area contributed by atoms with E-state index in [1.165, 1.54) is 43.9 Å². The number of aromatic nitrogens is 2. The van der Waals surface area contributed by atoms with Gasteiger partial charge in [-0.05, 0) is 61.7 Å². The molecule has 41 heavy (non-hydrogen) atoms. The monoisotopic (exact) mass is 591 g/mol. The minimum Gasteiger partial charge on any atom is -0.406 e. The summed E-state index contributed by atoms with van der Waals surface area (Å²) in [4.78, 5) is 21.7. The van der Waals surface area contributed by atoms with Crippen molar-refractivity contribution < 1.29 is 31.1 Å². The molecule has 9 nitrogen and oxygen atoms in total. The van der Waals surface area contributed by atoms with E-state index in [1.807, 2.05) is 6.92 Å². The number of carbonyl (C=O) groups is 1. The summed E-state index contributed by atoms with van der Waals surface area (Å²) in [5.74, 6) is -0.445. The highest BCUT2D eigenvalue weighted by Crippen LogP contribution is 2.31. The third-order valence-corrected chi connectivity index (χ3v) is 8.29. The van der Waals surface area contributed by atoms with E-state index in [4.69, 9.17) is 0 Å². The van der Waals surface area contributed by atoms with E-state index in [9.17, 15) is 26.4 Å². The lowest BCUT2D eigenvalue weighted by molar-refractivity contribution is -0.274. The molecule has 0 atom stereocenters. The lowest BCUT2D eigenvalue weighted by atomic mass is 9.86. The molecule has 2 aromatic carbocycles. The molecule has 1 aromatic heterocycles. The summed E-state index contributed by atoms with van der Waals surface area (Å²) in [6.45, 7) is 1.85. The van der Waals surface area contributed by atoms with Crippen LogP contribution in [0.4, 0.5) is 30.5 Å². The lowest BCUT2D eigenvalue weighted by Gasteiger charge is -2.23. The molecule has 0 saturated heterocycles. The summed E-state index contributed by atoms with van der Waals surface area (Å²) in [5.41, 5.74) is 2.99. The predicted molar refractivity (Wildman–Crippen MR) is 148 cm³/mol. The van der Waals surface area contributed by atoms with Gasteiger partial charge in [0.15, 0.2) is 0 Å². The minimum absolute atomic E-state index is 0.0669. The Labute approximate surface area is 237 Å². The van der Waals surface area contributed by atoms with Gasteiger partial charge in [0, 0.05) is 5.69 Å². The second-order valence-electron chi connectivity index (χ2n) is 9.99. The highest BCUT2D eigenvalue weighted by atomic mass is 32.2. The first kappa shape index (κ1) is 30.3. The smallest absolute Gasteiger partial charge is 0.406 e. The van der Waals surface area contributed by atoms with Crippen molar-refractivity contribution >= 4 is 33.3 Å². The number of ether oxygens (including phenoxy) is 1. The number of benzene rings is 2. The molecule has 1 heterocycles. The number of carbonyl (C=O) groups excluding carboxylic acids is 1. The first-order valence-electron chi connectivity index (χ1n) is 13.2. The topological polar surface area (TPSA) is 122 Å². The molecule has 0 unspecified atom stereocenters. The standard InChI is InChI=1S/C28H32F3N5O4S/c1-18-11-12-22(41(38,39)32-2)16-23(18)34-25-17-33-27(35-24(25)14-19-7-4-3-5-8-19)36-26(37)15-20-9-6-10-21(13-20)40-28(29,30)31/h6,9-13,16-17,19,32,34H,3-5,7-8,14-15H2,1-2H3,(H,33,35,36,37). The molecule has 4 rings (SSSR count). The maximum absolute atomic E-state index is 12.7. The largest absolute Gasteiger partial charge is 0.573 e. The molecule has 13 heteroatoms. The summed E-state index contributed by atoms with van der Waals surface area (Å²) in [7, 11) is -2.31. The predicted octanol–water partition coefficient (Wildman–Crippen LogP) is 5.64. The Morgan fingerprint density at radius 3 is 2.54 bits per heavy atom. The number of anilines is 3. The fourth-order valence-electron chi connectivity index (χ4n) is 4.77. The minimum atomic E-state index is -4.83. The summed E-state index contributed by atoms with van der Waals surface area (Å²) < 4.78 is 68.6. The van der Waals surface area contributed by atoms with Crippen molar-refractivity contribution in [3.8, 4) is 5.75 Å². The summed E-state index contributed by atoms with van der Waals surface area (Å²) in [6, 6.07) is 9.98. The fraction of sp³-hybridized carbons (Fsp3) is 0.393. The van der Waals surface area contributed by atoms with Gasteiger partial charge in [-0.2, -0.15) is 0 Å². The summed E-state index contributed by atoms with van der Waals surface area (Å²) in [6.07, 6.45) is 2.68. The van der Waals surface area contributed by atoms with E-state index >= 15 is 0 Å². The Morgan fingerprint density at radius 2 is 1.83 bits per heavy atom. The molecule has 0 aliphatic heterocycles. The fourth-order valence-corrected chi connectivity index (χ4v) is 5.53. The Kier molecular flexibility index (Phi) is 9.49. The summed E-state index contributed by atoms with van der Waals surface area (Å²) in [5, 5.41) is 5.91.